The molecule has 0 spiro atoms. The maximum absolute atomic E-state index is 2.75. The Morgan fingerprint density at radius 2 is 1.63 bits per heavy atom. The predicted octanol–water partition coefficient (Wildman–Crippen LogP) is 11.6. The highest BCUT2D eigenvalue weighted by atomic mass is 32.1. The standard InChI is InChI=1S/C42H59N3S/c1-7-18-39(42-41(33(5)8-2)37-22-13-15-24-40(37)46-42)44(28-25-32(3)4)31-45(38-23-14-10-19-34(38)6)30-36-21-12-11-20-35(36)29-43-26-16-9-17-27-43/h11-13,15,18-24,32-33H,7-10,14,16-17,25-31H2,1-6H3/b39-18-. The van der Waals surface area contributed by atoms with Crippen LogP contribution in [0.25, 0.3) is 15.8 Å². The second-order valence-electron chi connectivity index (χ2n) is 14.1. The molecule has 1 aliphatic carbocycles. The van der Waals surface area contributed by atoms with Crippen LogP contribution >= 0.6 is 11.3 Å². The molecule has 1 fully saturated rings. The Morgan fingerprint density at radius 1 is 0.913 bits per heavy atom. The van der Waals surface area contributed by atoms with E-state index in [9.17, 15) is 0 Å². The molecule has 1 saturated heterocycles. The molecule has 2 aromatic carbocycles. The molecule has 4 heteroatoms. The van der Waals surface area contributed by atoms with Crippen molar-refractivity contribution in [3.8, 4) is 0 Å². The van der Waals surface area contributed by atoms with Crippen LogP contribution in [-0.2, 0) is 13.1 Å². The second kappa shape index (κ2) is 16.8. The predicted molar refractivity (Wildman–Crippen MR) is 202 cm³/mol. The molecule has 1 unspecified atom stereocenters. The van der Waals surface area contributed by atoms with Crippen LogP contribution in [0.3, 0.4) is 0 Å². The summed E-state index contributed by atoms with van der Waals surface area (Å²) in [5, 5.41) is 1.44. The first kappa shape index (κ1) is 34.5. The minimum atomic E-state index is 0.516. The quantitative estimate of drug-likeness (QED) is 0.154. The van der Waals surface area contributed by atoms with Gasteiger partial charge in [-0.2, -0.15) is 0 Å². The number of thiophene rings is 1. The summed E-state index contributed by atoms with van der Waals surface area (Å²) in [5.74, 6) is 1.17. The third-order valence-electron chi connectivity index (χ3n) is 10.0. The Morgan fingerprint density at radius 3 is 2.35 bits per heavy atom. The summed E-state index contributed by atoms with van der Waals surface area (Å²) in [6.07, 6.45) is 17.2. The molecular formula is C42H59N3S. The molecule has 1 aliphatic heterocycles. The highest BCUT2D eigenvalue weighted by molar-refractivity contribution is 7.20. The first-order chi connectivity index (χ1) is 22.4. The summed E-state index contributed by atoms with van der Waals surface area (Å²) in [6.45, 7) is 20.5. The Hall–Kier alpha value is -2.82. The van der Waals surface area contributed by atoms with Crippen LogP contribution in [0.15, 0.2) is 78.0 Å². The van der Waals surface area contributed by atoms with Crippen molar-refractivity contribution in [2.45, 2.75) is 112 Å². The average Bonchev–Trinajstić information content (AvgIpc) is 3.45. The largest absolute Gasteiger partial charge is 0.353 e. The summed E-state index contributed by atoms with van der Waals surface area (Å²) in [6, 6.07) is 18.4. The van der Waals surface area contributed by atoms with Crippen molar-refractivity contribution in [3.63, 3.8) is 0 Å². The van der Waals surface area contributed by atoms with Gasteiger partial charge in [-0.15, -0.1) is 11.3 Å². The summed E-state index contributed by atoms with van der Waals surface area (Å²) in [5.41, 5.74) is 8.79. The lowest BCUT2D eigenvalue weighted by atomic mass is 9.94. The van der Waals surface area contributed by atoms with Crippen molar-refractivity contribution in [1.29, 1.82) is 0 Å². The van der Waals surface area contributed by atoms with Crippen LogP contribution in [0.2, 0.25) is 0 Å². The van der Waals surface area contributed by atoms with Gasteiger partial charge in [0.1, 0.15) is 0 Å². The van der Waals surface area contributed by atoms with Gasteiger partial charge >= 0.3 is 0 Å². The Labute approximate surface area is 284 Å². The Balaban J connectivity index is 1.55. The number of likely N-dealkylation sites (tertiary alicyclic amines) is 1. The van der Waals surface area contributed by atoms with E-state index in [4.69, 9.17) is 0 Å². The van der Waals surface area contributed by atoms with E-state index in [-0.39, 0.29) is 0 Å². The zero-order valence-corrected chi connectivity index (χ0v) is 30.5. The molecule has 0 bridgehead atoms. The van der Waals surface area contributed by atoms with E-state index in [2.05, 4.69) is 123 Å². The number of nitrogens with zero attached hydrogens (tertiary/aromatic N) is 3. The third kappa shape index (κ3) is 8.55. The molecule has 46 heavy (non-hydrogen) atoms. The van der Waals surface area contributed by atoms with Crippen LogP contribution in [0.5, 0.6) is 0 Å². The molecule has 248 valence electrons. The van der Waals surface area contributed by atoms with Crippen LogP contribution in [0.1, 0.15) is 120 Å². The molecule has 3 nitrogen and oxygen atoms in total. The number of hydrogen-bond donors (Lipinski definition) is 0. The van der Waals surface area contributed by atoms with Crippen molar-refractivity contribution in [3.05, 3.63) is 99.6 Å². The van der Waals surface area contributed by atoms with Crippen LogP contribution in [0.4, 0.5) is 0 Å². The highest BCUT2D eigenvalue weighted by Crippen LogP contribution is 2.42. The van der Waals surface area contributed by atoms with Gasteiger partial charge in [0, 0.05) is 30.0 Å². The molecular weight excluding hydrogens is 579 g/mol. The number of hydrogen-bond acceptors (Lipinski definition) is 4. The van der Waals surface area contributed by atoms with Crippen LogP contribution in [-0.4, -0.2) is 41.0 Å². The summed E-state index contributed by atoms with van der Waals surface area (Å²) in [7, 11) is 0. The molecule has 2 heterocycles. The number of allylic oxidation sites excluding steroid dienone is 4. The van der Waals surface area contributed by atoms with E-state index in [1.165, 1.54) is 81.8 Å². The summed E-state index contributed by atoms with van der Waals surface area (Å²) >= 11 is 2.01. The molecule has 1 aromatic heterocycles. The smallest absolute Gasteiger partial charge is 0.0906 e. The van der Waals surface area contributed by atoms with Crippen LogP contribution in [0, 0.1) is 5.92 Å². The van der Waals surface area contributed by atoms with E-state index >= 15 is 0 Å². The maximum atomic E-state index is 2.75. The third-order valence-corrected chi connectivity index (χ3v) is 11.3. The second-order valence-corrected chi connectivity index (χ2v) is 15.1. The molecule has 0 amide bonds. The zero-order chi connectivity index (χ0) is 32.5. The SMILES string of the molecule is CC/C=C(/c1sc2ccccc2c1C(C)CC)N(CCC(C)C)CN(Cc1ccccc1CN1CCCCC1)C1=CCCC=C1C. The number of rotatable bonds is 15. The molecule has 0 saturated carbocycles. The van der Waals surface area contributed by atoms with Gasteiger partial charge in [-0.05, 0) is 111 Å². The average molecular weight is 638 g/mol. The van der Waals surface area contributed by atoms with Gasteiger partial charge in [-0.3, -0.25) is 4.90 Å². The lowest BCUT2D eigenvalue weighted by Crippen LogP contribution is -2.38. The topological polar surface area (TPSA) is 9.72 Å². The maximum Gasteiger partial charge on any atom is 0.0906 e. The minimum Gasteiger partial charge on any atom is -0.353 e. The van der Waals surface area contributed by atoms with Gasteiger partial charge in [-0.25, -0.2) is 0 Å². The first-order valence-corrected chi connectivity index (χ1v) is 19.1. The molecule has 5 rings (SSSR count). The van der Waals surface area contributed by atoms with E-state index in [1.807, 2.05) is 11.3 Å². The normalized spacial score (nSPS) is 16.9. The number of piperidine rings is 1. The number of fused-ring (bicyclic) bond motifs is 1. The summed E-state index contributed by atoms with van der Waals surface area (Å²) < 4.78 is 1.41. The van der Waals surface area contributed by atoms with Gasteiger partial charge in [-0.1, -0.05) is 102 Å². The van der Waals surface area contributed by atoms with Gasteiger partial charge in [0.25, 0.3) is 0 Å². The Kier molecular flexibility index (Phi) is 12.6. The van der Waals surface area contributed by atoms with Crippen LogP contribution < -0.4 is 0 Å². The van der Waals surface area contributed by atoms with Crippen molar-refractivity contribution >= 4 is 27.1 Å². The van der Waals surface area contributed by atoms with E-state index in [0.717, 1.165) is 52.0 Å². The molecule has 2 aliphatic rings. The lowest BCUT2D eigenvalue weighted by molar-refractivity contribution is 0.203. The van der Waals surface area contributed by atoms with E-state index < -0.39 is 0 Å². The van der Waals surface area contributed by atoms with E-state index in [0.29, 0.717) is 11.8 Å². The van der Waals surface area contributed by atoms with Crippen molar-refractivity contribution in [2.24, 2.45) is 5.92 Å². The monoisotopic (exact) mass is 637 g/mol. The van der Waals surface area contributed by atoms with Gasteiger partial charge in [0.05, 0.1) is 17.2 Å². The number of benzene rings is 2. The van der Waals surface area contributed by atoms with Crippen molar-refractivity contribution in [2.75, 3.05) is 26.3 Å². The molecule has 0 N–H and O–H groups in total. The minimum absolute atomic E-state index is 0.516. The Bertz CT molecular complexity index is 1500. The zero-order valence-electron chi connectivity index (χ0n) is 29.7. The first-order valence-electron chi connectivity index (χ1n) is 18.3. The fraction of sp³-hybridized carbons (Fsp3) is 0.524. The van der Waals surface area contributed by atoms with Crippen molar-refractivity contribution < 1.29 is 0 Å². The molecule has 1 atom stereocenters. The lowest BCUT2D eigenvalue weighted by Gasteiger charge is -2.38. The van der Waals surface area contributed by atoms with Gasteiger partial charge < -0.3 is 9.80 Å². The molecule has 3 aromatic rings. The highest BCUT2D eigenvalue weighted by Gasteiger charge is 2.26. The summed E-state index contributed by atoms with van der Waals surface area (Å²) in [4.78, 5) is 9.61. The molecule has 0 radical (unpaired) electrons. The fourth-order valence-corrected chi connectivity index (χ4v) is 8.59. The van der Waals surface area contributed by atoms with Gasteiger partial charge in [0.15, 0.2) is 0 Å². The fourth-order valence-electron chi connectivity index (χ4n) is 7.20. The van der Waals surface area contributed by atoms with Gasteiger partial charge in [0.2, 0.25) is 0 Å². The van der Waals surface area contributed by atoms with E-state index in [1.54, 1.807) is 5.56 Å². The van der Waals surface area contributed by atoms with Crippen molar-refractivity contribution in [1.82, 2.24) is 14.7 Å².